The number of rotatable bonds is 4. The molecule has 2 N–H and O–H groups in total. The zero-order valence-electron chi connectivity index (χ0n) is 9.89. The van der Waals surface area contributed by atoms with E-state index in [2.05, 4.69) is 4.98 Å². The molecule has 0 fully saturated rings. The standard InChI is InChI=1S/C13H13ClN2OS/c1-18-12-5-3-2-4-11(12)17-13-6-9(7-15)10(14)8-16-13/h2-6,8H,7,15H2,1H3. The number of aromatic nitrogens is 1. The first-order chi connectivity index (χ1) is 8.74. The molecule has 1 aromatic carbocycles. The van der Waals surface area contributed by atoms with Crippen LogP contribution in [0.3, 0.4) is 0 Å². The highest BCUT2D eigenvalue weighted by Gasteiger charge is 2.06. The van der Waals surface area contributed by atoms with Gasteiger partial charge in [-0.25, -0.2) is 4.98 Å². The minimum Gasteiger partial charge on any atom is -0.438 e. The molecular weight excluding hydrogens is 268 g/mol. The number of hydrogen-bond donors (Lipinski definition) is 1. The number of nitrogens with zero attached hydrogens (tertiary/aromatic N) is 1. The molecular formula is C13H13ClN2OS. The minimum atomic E-state index is 0.363. The van der Waals surface area contributed by atoms with E-state index in [1.807, 2.05) is 30.5 Å². The van der Waals surface area contributed by atoms with E-state index in [1.165, 1.54) is 0 Å². The lowest BCUT2D eigenvalue weighted by atomic mass is 10.2. The van der Waals surface area contributed by atoms with Gasteiger partial charge < -0.3 is 10.5 Å². The summed E-state index contributed by atoms with van der Waals surface area (Å²) >= 11 is 7.58. The van der Waals surface area contributed by atoms with Gasteiger partial charge in [-0.1, -0.05) is 23.7 Å². The van der Waals surface area contributed by atoms with Gasteiger partial charge >= 0.3 is 0 Å². The monoisotopic (exact) mass is 280 g/mol. The van der Waals surface area contributed by atoms with Crippen molar-refractivity contribution in [2.24, 2.45) is 5.73 Å². The first-order valence-electron chi connectivity index (χ1n) is 5.40. The second kappa shape index (κ2) is 6.09. The first-order valence-corrected chi connectivity index (χ1v) is 7.00. The number of ether oxygens (including phenoxy) is 1. The van der Waals surface area contributed by atoms with Crippen LogP contribution >= 0.6 is 23.4 Å². The van der Waals surface area contributed by atoms with Gasteiger partial charge in [0.15, 0.2) is 0 Å². The summed E-state index contributed by atoms with van der Waals surface area (Å²) in [6.07, 6.45) is 3.56. The van der Waals surface area contributed by atoms with E-state index < -0.39 is 0 Å². The van der Waals surface area contributed by atoms with Gasteiger partial charge in [-0.3, -0.25) is 0 Å². The molecule has 1 heterocycles. The molecule has 0 unspecified atom stereocenters. The van der Waals surface area contributed by atoms with Crippen LogP contribution in [0.25, 0.3) is 0 Å². The number of hydrogen-bond acceptors (Lipinski definition) is 4. The maximum Gasteiger partial charge on any atom is 0.219 e. The van der Waals surface area contributed by atoms with E-state index in [-0.39, 0.29) is 0 Å². The molecule has 0 spiro atoms. The molecule has 0 aliphatic rings. The summed E-state index contributed by atoms with van der Waals surface area (Å²) in [5.41, 5.74) is 6.42. The second-order valence-corrected chi connectivity index (χ2v) is 4.83. The third kappa shape index (κ3) is 2.96. The van der Waals surface area contributed by atoms with E-state index in [4.69, 9.17) is 22.1 Å². The number of para-hydroxylation sites is 1. The Hall–Kier alpha value is -1.23. The Morgan fingerprint density at radius 2 is 2.17 bits per heavy atom. The molecule has 2 rings (SSSR count). The maximum absolute atomic E-state index is 5.96. The molecule has 0 amide bonds. The molecule has 1 aromatic heterocycles. The molecule has 0 saturated heterocycles. The van der Waals surface area contributed by atoms with Crippen LogP contribution in [0.5, 0.6) is 11.6 Å². The summed E-state index contributed by atoms with van der Waals surface area (Å²) in [5.74, 6) is 1.28. The van der Waals surface area contributed by atoms with Crippen molar-refractivity contribution in [3.8, 4) is 11.6 Å². The minimum absolute atomic E-state index is 0.363. The molecule has 0 radical (unpaired) electrons. The molecule has 0 aliphatic carbocycles. The number of thioether (sulfide) groups is 1. The van der Waals surface area contributed by atoms with Crippen LogP contribution in [-0.4, -0.2) is 11.2 Å². The maximum atomic E-state index is 5.96. The lowest BCUT2D eigenvalue weighted by molar-refractivity contribution is 0.451. The van der Waals surface area contributed by atoms with Crippen molar-refractivity contribution in [1.82, 2.24) is 4.98 Å². The van der Waals surface area contributed by atoms with Crippen LogP contribution in [0.2, 0.25) is 5.02 Å². The van der Waals surface area contributed by atoms with E-state index >= 15 is 0 Å². The van der Waals surface area contributed by atoms with Crippen molar-refractivity contribution in [2.75, 3.05) is 6.26 Å². The zero-order valence-corrected chi connectivity index (χ0v) is 11.5. The van der Waals surface area contributed by atoms with Crippen LogP contribution in [0.4, 0.5) is 0 Å². The van der Waals surface area contributed by atoms with Crippen LogP contribution in [0, 0.1) is 0 Å². The molecule has 0 aliphatic heterocycles. The van der Waals surface area contributed by atoms with Gasteiger partial charge in [-0.2, -0.15) is 0 Å². The highest BCUT2D eigenvalue weighted by atomic mass is 35.5. The van der Waals surface area contributed by atoms with Crippen molar-refractivity contribution in [3.05, 3.63) is 47.1 Å². The smallest absolute Gasteiger partial charge is 0.219 e. The summed E-state index contributed by atoms with van der Waals surface area (Å²) in [5, 5.41) is 0.558. The van der Waals surface area contributed by atoms with Crippen LogP contribution < -0.4 is 10.5 Å². The fourth-order valence-electron chi connectivity index (χ4n) is 1.49. The van der Waals surface area contributed by atoms with Crippen molar-refractivity contribution >= 4 is 23.4 Å². The molecule has 94 valence electrons. The number of pyridine rings is 1. The number of benzene rings is 1. The molecule has 0 bridgehead atoms. The third-order valence-corrected chi connectivity index (χ3v) is 3.53. The molecule has 0 saturated carbocycles. The second-order valence-electron chi connectivity index (χ2n) is 3.57. The van der Waals surface area contributed by atoms with Gasteiger partial charge in [-0.15, -0.1) is 11.8 Å². The molecule has 18 heavy (non-hydrogen) atoms. The average molecular weight is 281 g/mol. The number of nitrogens with two attached hydrogens (primary N) is 1. The van der Waals surface area contributed by atoms with Gasteiger partial charge in [-0.05, 0) is 24.0 Å². The highest BCUT2D eigenvalue weighted by molar-refractivity contribution is 7.98. The van der Waals surface area contributed by atoms with Crippen LogP contribution in [0.15, 0.2) is 41.4 Å². The summed E-state index contributed by atoms with van der Waals surface area (Å²) in [4.78, 5) is 5.20. The Labute approximate surface area is 115 Å². The van der Waals surface area contributed by atoms with Crippen molar-refractivity contribution < 1.29 is 4.74 Å². The Bertz CT molecular complexity index is 548. The Morgan fingerprint density at radius 3 is 2.89 bits per heavy atom. The summed E-state index contributed by atoms with van der Waals surface area (Å²) in [6.45, 7) is 0.363. The molecule has 3 nitrogen and oxygen atoms in total. The van der Waals surface area contributed by atoms with Crippen LogP contribution in [0.1, 0.15) is 5.56 Å². The van der Waals surface area contributed by atoms with Gasteiger partial charge in [0.25, 0.3) is 0 Å². The number of halogens is 1. The highest BCUT2D eigenvalue weighted by Crippen LogP contribution is 2.31. The topological polar surface area (TPSA) is 48.1 Å². The predicted molar refractivity (Wildman–Crippen MR) is 75.4 cm³/mol. The van der Waals surface area contributed by atoms with E-state index in [1.54, 1.807) is 24.0 Å². The quantitative estimate of drug-likeness (QED) is 0.868. The molecule has 5 heteroatoms. The zero-order chi connectivity index (χ0) is 13.0. The first kappa shape index (κ1) is 13.2. The normalized spacial score (nSPS) is 10.4. The van der Waals surface area contributed by atoms with Gasteiger partial charge in [0, 0.05) is 23.7 Å². The Kier molecular flexibility index (Phi) is 4.47. The van der Waals surface area contributed by atoms with Crippen LogP contribution in [-0.2, 0) is 6.54 Å². The van der Waals surface area contributed by atoms with Crippen molar-refractivity contribution in [1.29, 1.82) is 0 Å². The SMILES string of the molecule is CSc1ccccc1Oc1cc(CN)c(Cl)cn1. The largest absolute Gasteiger partial charge is 0.438 e. The fourth-order valence-corrected chi connectivity index (χ4v) is 2.19. The summed E-state index contributed by atoms with van der Waals surface area (Å²) in [6, 6.07) is 9.57. The summed E-state index contributed by atoms with van der Waals surface area (Å²) < 4.78 is 5.75. The summed E-state index contributed by atoms with van der Waals surface area (Å²) in [7, 11) is 0. The lowest BCUT2D eigenvalue weighted by Gasteiger charge is -2.09. The predicted octanol–water partition coefficient (Wildman–Crippen LogP) is 3.71. The lowest BCUT2D eigenvalue weighted by Crippen LogP contribution is -1.99. The Morgan fingerprint density at radius 1 is 1.39 bits per heavy atom. The van der Waals surface area contributed by atoms with Crippen molar-refractivity contribution in [2.45, 2.75) is 11.4 Å². The van der Waals surface area contributed by atoms with Gasteiger partial charge in [0.1, 0.15) is 5.75 Å². The van der Waals surface area contributed by atoms with E-state index in [9.17, 15) is 0 Å². The van der Waals surface area contributed by atoms with E-state index in [0.717, 1.165) is 16.2 Å². The van der Waals surface area contributed by atoms with Gasteiger partial charge in [0.05, 0.1) is 5.02 Å². The Balaban J connectivity index is 2.28. The van der Waals surface area contributed by atoms with Gasteiger partial charge in [0.2, 0.25) is 5.88 Å². The third-order valence-electron chi connectivity index (χ3n) is 2.41. The van der Waals surface area contributed by atoms with Crippen molar-refractivity contribution in [3.63, 3.8) is 0 Å². The van der Waals surface area contributed by atoms with E-state index in [0.29, 0.717) is 17.4 Å². The molecule has 2 aromatic rings. The average Bonchev–Trinajstić information content (AvgIpc) is 2.41. The molecule has 0 atom stereocenters. The fraction of sp³-hybridized carbons (Fsp3) is 0.154.